The average molecular weight is 227 g/mol. The molecule has 0 aromatic heterocycles. The lowest BCUT2D eigenvalue weighted by Gasteiger charge is -2.20. The fourth-order valence-electron chi connectivity index (χ4n) is 2.14. The zero-order chi connectivity index (χ0) is 12.0. The molecule has 1 fully saturated rings. The number of hydrogen-bond donors (Lipinski definition) is 1. The Bertz CT molecular complexity index is 216. The second kappa shape index (κ2) is 6.86. The van der Waals surface area contributed by atoms with E-state index in [0.717, 1.165) is 45.7 Å². The summed E-state index contributed by atoms with van der Waals surface area (Å²) in [5, 5.41) is 3.24. The minimum absolute atomic E-state index is 0.0634. The maximum absolute atomic E-state index is 11.8. The van der Waals surface area contributed by atoms with Gasteiger partial charge in [0.1, 0.15) is 0 Å². The van der Waals surface area contributed by atoms with Gasteiger partial charge in [0, 0.05) is 6.54 Å². The summed E-state index contributed by atoms with van der Waals surface area (Å²) in [7, 11) is 0. The smallest absolute Gasteiger partial charge is 0.240 e. The van der Waals surface area contributed by atoms with Crippen molar-refractivity contribution in [3.63, 3.8) is 0 Å². The highest BCUT2D eigenvalue weighted by Gasteiger charge is 2.28. The Labute approximate surface area is 99.0 Å². The van der Waals surface area contributed by atoms with Crippen molar-refractivity contribution in [2.45, 2.75) is 39.7 Å². The molecular weight excluding hydrogens is 202 g/mol. The van der Waals surface area contributed by atoms with Crippen molar-refractivity contribution in [3.8, 4) is 0 Å². The molecule has 0 saturated carbocycles. The molecule has 1 N–H and O–H groups in total. The summed E-state index contributed by atoms with van der Waals surface area (Å²) >= 11 is 0. The zero-order valence-electron chi connectivity index (χ0n) is 10.8. The molecule has 4 nitrogen and oxygen atoms in total. The van der Waals surface area contributed by atoms with Crippen LogP contribution < -0.4 is 5.32 Å². The first-order valence-corrected chi connectivity index (χ1v) is 6.47. The van der Waals surface area contributed by atoms with Crippen LogP contribution in [0.15, 0.2) is 0 Å². The van der Waals surface area contributed by atoms with E-state index in [4.69, 9.17) is 0 Å². The van der Waals surface area contributed by atoms with Gasteiger partial charge in [0.05, 0.1) is 12.7 Å². The van der Waals surface area contributed by atoms with Gasteiger partial charge >= 0.3 is 0 Å². The summed E-state index contributed by atoms with van der Waals surface area (Å²) in [6, 6.07) is 0.0634. The lowest BCUT2D eigenvalue weighted by molar-refractivity contribution is -0.129. The lowest BCUT2D eigenvalue weighted by Crippen LogP contribution is -2.33. The van der Waals surface area contributed by atoms with Crippen LogP contribution in [0, 0.1) is 0 Å². The standard InChI is InChI=1S/C12H25N3O/c1-4-11-12(16)15(10-13-11)9-7-8-14(5-2)6-3/h11,13H,4-10H2,1-3H3. The van der Waals surface area contributed by atoms with Gasteiger partial charge < -0.3 is 9.80 Å². The monoisotopic (exact) mass is 227 g/mol. The largest absolute Gasteiger partial charge is 0.329 e. The highest BCUT2D eigenvalue weighted by molar-refractivity contribution is 5.83. The van der Waals surface area contributed by atoms with Gasteiger partial charge in [0.25, 0.3) is 0 Å². The fourth-order valence-corrected chi connectivity index (χ4v) is 2.14. The summed E-state index contributed by atoms with van der Waals surface area (Å²) in [6.45, 7) is 11.3. The van der Waals surface area contributed by atoms with Gasteiger partial charge in [-0.25, -0.2) is 0 Å². The second-order valence-electron chi connectivity index (χ2n) is 4.31. The Hall–Kier alpha value is -0.610. The molecular formula is C12H25N3O. The van der Waals surface area contributed by atoms with E-state index in [9.17, 15) is 4.79 Å². The maximum Gasteiger partial charge on any atom is 0.240 e. The molecule has 1 unspecified atom stereocenters. The predicted octanol–water partition coefficient (Wildman–Crippen LogP) is 0.886. The van der Waals surface area contributed by atoms with Crippen molar-refractivity contribution in [1.82, 2.24) is 15.1 Å². The number of nitrogens with zero attached hydrogens (tertiary/aromatic N) is 2. The van der Waals surface area contributed by atoms with Gasteiger partial charge in [-0.3, -0.25) is 10.1 Å². The Balaban J connectivity index is 2.21. The molecule has 0 spiro atoms. The third-order valence-electron chi connectivity index (χ3n) is 3.34. The van der Waals surface area contributed by atoms with Crippen molar-refractivity contribution in [2.24, 2.45) is 0 Å². The Morgan fingerprint density at radius 2 is 2.06 bits per heavy atom. The molecule has 0 aliphatic carbocycles. The maximum atomic E-state index is 11.8. The Kier molecular flexibility index (Phi) is 5.77. The molecule has 1 aliphatic rings. The van der Waals surface area contributed by atoms with Crippen molar-refractivity contribution >= 4 is 5.91 Å². The third-order valence-corrected chi connectivity index (χ3v) is 3.34. The van der Waals surface area contributed by atoms with E-state index >= 15 is 0 Å². The summed E-state index contributed by atoms with van der Waals surface area (Å²) in [5.74, 6) is 0.280. The summed E-state index contributed by atoms with van der Waals surface area (Å²) in [5.41, 5.74) is 0. The first-order valence-electron chi connectivity index (χ1n) is 6.47. The van der Waals surface area contributed by atoms with Gasteiger partial charge in [0.15, 0.2) is 0 Å². The number of rotatable bonds is 7. The van der Waals surface area contributed by atoms with Crippen molar-refractivity contribution in [1.29, 1.82) is 0 Å². The molecule has 0 radical (unpaired) electrons. The molecule has 4 heteroatoms. The number of carbonyl (C=O) groups excluding carboxylic acids is 1. The molecule has 16 heavy (non-hydrogen) atoms. The van der Waals surface area contributed by atoms with E-state index in [1.807, 2.05) is 4.90 Å². The van der Waals surface area contributed by atoms with E-state index in [1.165, 1.54) is 0 Å². The van der Waals surface area contributed by atoms with E-state index in [1.54, 1.807) is 0 Å². The zero-order valence-corrected chi connectivity index (χ0v) is 10.8. The van der Waals surface area contributed by atoms with Crippen molar-refractivity contribution in [3.05, 3.63) is 0 Å². The highest BCUT2D eigenvalue weighted by Crippen LogP contribution is 2.07. The molecule has 1 amide bonds. The van der Waals surface area contributed by atoms with E-state index in [-0.39, 0.29) is 11.9 Å². The van der Waals surface area contributed by atoms with E-state index in [2.05, 4.69) is 31.0 Å². The summed E-state index contributed by atoms with van der Waals surface area (Å²) in [4.78, 5) is 16.1. The SMILES string of the molecule is CCC1NCN(CCCN(CC)CC)C1=O. The molecule has 94 valence electrons. The molecule has 0 aromatic carbocycles. The van der Waals surface area contributed by atoms with Crippen LogP contribution in [0.5, 0.6) is 0 Å². The van der Waals surface area contributed by atoms with E-state index in [0.29, 0.717) is 0 Å². The minimum atomic E-state index is 0.0634. The van der Waals surface area contributed by atoms with E-state index < -0.39 is 0 Å². The van der Waals surface area contributed by atoms with Gasteiger partial charge in [-0.1, -0.05) is 20.8 Å². The normalized spacial score (nSPS) is 21.1. The minimum Gasteiger partial charge on any atom is -0.329 e. The van der Waals surface area contributed by atoms with Crippen LogP contribution in [-0.4, -0.2) is 54.6 Å². The number of carbonyl (C=O) groups is 1. The molecule has 1 atom stereocenters. The number of amides is 1. The first-order chi connectivity index (χ1) is 7.72. The molecule has 1 aliphatic heterocycles. The molecule has 1 heterocycles. The van der Waals surface area contributed by atoms with Crippen LogP contribution in [-0.2, 0) is 4.79 Å². The van der Waals surface area contributed by atoms with Gasteiger partial charge in [-0.2, -0.15) is 0 Å². The van der Waals surface area contributed by atoms with Crippen LogP contribution in [0.3, 0.4) is 0 Å². The Morgan fingerprint density at radius 3 is 2.56 bits per heavy atom. The lowest BCUT2D eigenvalue weighted by atomic mass is 10.2. The summed E-state index contributed by atoms with van der Waals surface area (Å²) in [6.07, 6.45) is 1.97. The number of nitrogens with one attached hydrogen (secondary N) is 1. The molecule has 1 saturated heterocycles. The van der Waals surface area contributed by atoms with Gasteiger partial charge in [-0.05, 0) is 32.5 Å². The first kappa shape index (κ1) is 13.5. The topological polar surface area (TPSA) is 35.6 Å². The molecule has 1 rings (SSSR count). The predicted molar refractivity (Wildman–Crippen MR) is 66.2 cm³/mol. The van der Waals surface area contributed by atoms with Gasteiger partial charge in [-0.15, -0.1) is 0 Å². The van der Waals surface area contributed by atoms with Crippen LogP contribution in [0.25, 0.3) is 0 Å². The average Bonchev–Trinajstić information content (AvgIpc) is 2.66. The third kappa shape index (κ3) is 3.46. The molecule has 0 bridgehead atoms. The van der Waals surface area contributed by atoms with Gasteiger partial charge in [0.2, 0.25) is 5.91 Å². The van der Waals surface area contributed by atoms with Crippen molar-refractivity contribution < 1.29 is 4.79 Å². The van der Waals surface area contributed by atoms with Crippen LogP contribution in [0.1, 0.15) is 33.6 Å². The summed E-state index contributed by atoms with van der Waals surface area (Å²) < 4.78 is 0. The fraction of sp³-hybridized carbons (Fsp3) is 0.917. The van der Waals surface area contributed by atoms with Crippen molar-refractivity contribution in [2.75, 3.05) is 32.8 Å². The van der Waals surface area contributed by atoms with Crippen LogP contribution in [0.2, 0.25) is 0 Å². The second-order valence-corrected chi connectivity index (χ2v) is 4.31. The number of hydrogen-bond acceptors (Lipinski definition) is 3. The molecule has 0 aromatic rings. The van der Waals surface area contributed by atoms with Crippen LogP contribution in [0.4, 0.5) is 0 Å². The Morgan fingerprint density at radius 1 is 1.38 bits per heavy atom. The highest BCUT2D eigenvalue weighted by atomic mass is 16.2. The quantitative estimate of drug-likeness (QED) is 0.701. The van der Waals surface area contributed by atoms with Crippen LogP contribution >= 0.6 is 0 Å².